The third-order valence-electron chi connectivity index (χ3n) is 13.0. The predicted octanol–water partition coefficient (Wildman–Crippen LogP) is 14.4. The summed E-state index contributed by atoms with van der Waals surface area (Å²) >= 11 is 0. The van der Waals surface area contributed by atoms with Crippen molar-refractivity contribution in [3.8, 4) is 0 Å². The number of aliphatic carboxylic acids is 1. The Morgan fingerprint density at radius 1 is 0.333 bits per heavy atom. The van der Waals surface area contributed by atoms with Crippen LogP contribution in [0.1, 0.15) is 316 Å². The van der Waals surface area contributed by atoms with Gasteiger partial charge in [-0.25, -0.2) is 0 Å². The molecule has 0 amide bonds. The molecule has 3 nitrogen and oxygen atoms in total. The normalized spacial score (nSPS) is 12.1. The molecule has 0 aliphatic heterocycles. The minimum atomic E-state index is -0.884. The smallest absolute Gasteiger partial charge is 0.550 e. The molecule has 4 heteroatoms. The van der Waals surface area contributed by atoms with E-state index < -0.39 is 5.97 Å². The van der Waals surface area contributed by atoms with Gasteiger partial charge in [0.2, 0.25) is 0 Å². The SMILES string of the molecule is CCCCCCCCCCCCCCCCCCCCCCCCN(CCCCCCCCCCCCCCCCCCCCCCCC)C(CC)CC(=O)[O-].[K+]. The Labute approximate surface area is 403 Å². The molecular formula is C53H106KNO2. The summed E-state index contributed by atoms with van der Waals surface area (Å²) in [6, 6.07) is 0.143. The summed E-state index contributed by atoms with van der Waals surface area (Å²) in [5, 5.41) is 11.5. The third kappa shape index (κ3) is 49.6. The Bertz CT molecular complexity index is 684. The van der Waals surface area contributed by atoms with Crippen LogP contribution >= 0.6 is 0 Å². The fourth-order valence-electron chi connectivity index (χ4n) is 9.05. The largest absolute Gasteiger partial charge is 1.00 e. The number of carbonyl (C=O) groups is 1. The van der Waals surface area contributed by atoms with Gasteiger partial charge in [-0.05, 0) is 32.4 Å². The van der Waals surface area contributed by atoms with Crippen LogP contribution < -0.4 is 56.5 Å². The molecule has 0 heterocycles. The molecule has 0 aliphatic rings. The minimum Gasteiger partial charge on any atom is -0.550 e. The summed E-state index contributed by atoms with van der Waals surface area (Å²) in [5.74, 6) is -0.884. The fourth-order valence-corrected chi connectivity index (χ4v) is 9.05. The van der Waals surface area contributed by atoms with Gasteiger partial charge >= 0.3 is 51.4 Å². The monoisotopic (exact) mass is 828 g/mol. The van der Waals surface area contributed by atoms with Crippen molar-refractivity contribution in [2.75, 3.05) is 13.1 Å². The molecule has 1 unspecified atom stereocenters. The number of nitrogens with zero attached hydrogens (tertiary/aromatic N) is 1. The molecule has 336 valence electrons. The molecular weight excluding hydrogens is 722 g/mol. The molecule has 0 saturated carbocycles. The molecule has 0 fully saturated rings. The van der Waals surface area contributed by atoms with E-state index in [1.165, 1.54) is 283 Å². The van der Waals surface area contributed by atoms with E-state index in [4.69, 9.17) is 0 Å². The Morgan fingerprint density at radius 2 is 0.509 bits per heavy atom. The van der Waals surface area contributed by atoms with Gasteiger partial charge in [-0.1, -0.05) is 290 Å². The zero-order valence-corrected chi connectivity index (χ0v) is 43.4. The summed E-state index contributed by atoms with van der Waals surface area (Å²) in [6.07, 6.45) is 63.4. The predicted molar refractivity (Wildman–Crippen MR) is 250 cm³/mol. The van der Waals surface area contributed by atoms with Crippen molar-refractivity contribution in [3.05, 3.63) is 0 Å². The first kappa shape index (κ1) is 60.2. The first-order valence-electron chi connectivity index (χ1n) is 26.6. The van der Waals surface area contributed by atoms with Crippen molar-refractivity contribution in [3.63, 3.8) is 0 Å². The van der Waals surface area contributed by atoms with Gasteiger partial charge in [-0.15, -0.1) is 0 Å². The van der Waals surface area contributed by atoms with E-state index in [1.54, 1.807) is 0 Å². The zero-order valence-electron chi connectivity index (χ0n) is 40.3. The molecule has 0 aromatic heterocycles. The van der Waals surface area contributed by atoms with E-state index in [2.05, 4.69) is 25.7 Å². The van der Waals surface area contributed by atoms with Crippen LogP contribution in [0.2, 0.25) is 0 Å². The van der Waals surface area contributed by atoms with Crippen molar-refractivity contribution in [1.82, 2.24) is 4.90 Å². The van der Waals surface area contributed by atoms with Gasteiger partial charge in [0.15, 0.2) is 0 Å². The van der Waals surface area contributed by atoms with Crippen molar-refractivity contribution >= 4 is 5.97 Å². The second-order valence-corrected chi connectivity index (χ2v) is 18.5. The van der Waals surface area contributed by atoms with Crippen LogP contribution in [-0.2, 0) is 4.79 Å². The van der Waals surface area contributed by atoms with E-state index >= 15 is 0 Å². The number of carboxylic acids is 1. The molecule has 1 atom stereocenters. The maximum absolute atomic E-state index is 11.5. The van der Waals surface area contributed by atoms with Crippen LogP contribution in [0.3, 0.4) is 0 Å². The summed E-state index contributed by atoms with van der Waals surface area (Å²) in [4.78, 5) is 14.0. The summed E-state index contributed by atoms with van der Waals surface area (Å²) < 4.78 is 0. The molecule has 0 bridgehead atoms. The van der Waals surface area contributed by atoms with Gasteiger partial charge in [0.25, 0.3) is 0 Å². The quantitative estimate of drug-likeness (QED) is 0.0453. The van der Waals surface area contributed by atoms with Gasteiger partial charge in [0.05, 0.1) is 0 Å². The van der Waals surface area contributed by atoms with E-state index in [0.29, 0.717) is 0 Å². The molecule has 0 radical (unpaired) electrons. The zero-order chi connectivity index (χ0) is 40.7. The number of rotatable bonds is 50. The van der Waals surface area contributed by atoms with Crippen molar-refractivity contribution < 1.29 is 61.3 Å². The third-order valence-corrected chi connectivity index (χ3v) is 13.0. The standard InChI is InChI=1S/C53H107NO2.K/c1-4-7-9-11-13-15-17-19-21-23-25-27-29-31-33-35-37-39-41-43-45-47-49-54(52(6-3)51-53(55)56)50-48-46-44-42-40-38-36-34-32-30-28-26-24-22-20-18-16-14-12-10-8-5-2;/h52H,4-51H2,1-3H3,(H,55,56);/q;+1/p-1. The van der Waals surface area contributed by atoms with E-state index in [-0.39, 0.29) is 63.8 Å². The Balaban J connectivity index is 0. The minimum absolute atomic E-state index is 0. The van der Waals surface area contributed by atoms with Gasteiger partial charge in [-0.2, -0.15) is 0 Å². The van der Waals surface area contributed by atoms with E-state index in [9.17, 15) is 9.90 Å². The number of carbonyl (C=O) groups excluding carboxylic acids is 1. The number of carboxylic acid groups (broad SMARTS) is 1. The Hall–Kier alpha value is 1.07. The Kier molecular flexibility index (Phi) is 56.1. The topological polar surface area (TPSA) is 43.4 Å². The summed E-state index contributed by atoms with van der Waals surface area (Å²) in [6.45, 7) is 8.87. The van der Waals surface area contributed by atoms with Crippen LogP contribution in [0, 0.1) is 0 Å². The van der Waals surface area contributed by atoms with E-state index in [1.807, 2.05) is 0 Å². The van der Waals surface area contributed by atoms with Crippen LogP contribution in [0.5, 0.6) is 0 Å². The van der Waals surface area contributed by atoms with Gasteiger partial charge in [0.1, 0.15) is 0 Å². The van der Waals surface area contributed by atoms with Crippen LogP contribution in [0.15, 0.2) is 0 Å². The van der Waals surface area contributed by atoms with Gasteiger partial charge in [0, 0.05) is 18.4 Å². The maximum Gasteiger partial charge on any atom is 1.00 e. The van der Waals surface area contributed by atoms with Crippen LogP contribution in [-0.4, -0.2) is 30.0 Å². The average molecular weight is 829 g/mol. The van der Waals surface area contributed by atoms with Crippen LogP contribution in [0.25, 0.3) is 0 Å². The summed E-state index contributed by atoms with van der Waals surface area (Å²) in [5.41, 5.74) is 0. The average Bonchev–Trinajstić information content (AvgIpc) is 3.20. The van der Waals surface area contributed by atoms with Crippen molar-refractivity contribution in [2.24, 2.45) is 0 Å². The van der Waals surface area contributed by atoms with Crippen molar-refractivity contribution in [2.45, 2.75) is 322 Å². The van der Waals surface area contributed by atoms with Gasteiger partial charge in [-0.3, -0.25) is 0 Å². The molecule has 0 N–H and O–H groups in total. The second-order valence-electron chi connectivity index (χ2n) is 18.5. The molecule has 0 aromatic carbocycles. The van der Waals surface area contributed by atoms with Crippen LogP contribution in [0.4, 0.5) is 0 Å². The number of unbranched alkanes of at least 4 members (excludes halogenated alkanes) is 42. The Morgan fingerprint density at radius 3 is 0.667 bits per heavy atom. The van der Waals surface area contributed by atoms with E-state index in [0.717, 1.165) is 19.5 Å². The first-order valence-corrected chi connectivity index (χ1v) is 26.6. The molecule has 0 aromatic rings. The number of hydrogen-bond donors (Lipinski definition) is 0. The molecule has 0 spiro atoms. The molecule has 0 rings (SSSR count). The molecule has 57 heavy (non-hydrogen) atoms. The second kappa shape index (κ2) is 53.2. The molecule has 0 aliphatic carbocycles. The number of hydrogen-bond acceptors (Lipinski definition) is 3. The van der Waals surface area contributed by atoms with Gasteiger partial charge < -0.3 is 14.8 Å². The first-order chi connectivity index (χ1) is 27.7. The summed E-state index contributed by atoms with van der Waals surface area (Å²) in [7, 11) is 0. The molecule has 0 saturated heterocycles. The maximum atomic E-state index is 11.5. The fraction of sp³-hybridized carbons (Fsp3) is 0.981. The van der Waals surface area contributed by atoms with Crippen molar-refractivity contribution in [1.29, 1.82) is 0 Å².